The first-order valence-electron chi connectivity index (χ1n) is 12.9. The van der Waals surface area contributed by atoms with Crippen LogP contribution < -0.4 is 14.8 Å². The van der Waals surface area contributed by atoms with Crippen LogP contribution in [0.4, 0.5) is 0 Å². The van der Waals surface area contributed by atoms with Gasteiger partial charge in [-0.25, -0.2) is 0 Å². The summed E-state index contributed by atoms with van der Waals surface area (Å²) in [6.07, 6.45) is 1.34. The Labute approximate surface area is 234 Å². The van der Waals surface area contributed by atoms with Gasteiger partial charge in [-0.1, -0.05) is 36.4 Å². The van der Waals surface area contributed by atoms with Crippen LogP contribution in [0.2, 0.25) is 0 Å². The van der Waals surface area contributed by atoms with E-state index in [2.05, 4.69) is 5.32 Å². The maximum absolute atomic E-state index is 13.7. The van der Waals surface area contributed by atoms with Crippen molar-refractivity contribution in [1.82, 2.24) is 5.32 Å². The van der Waals surface area contributed by atoms with Crippen molar-refractivity contribution in [2.45, 2.75) is 38.6 Å². The van der Waals surface area contributed by atoms with Gasteiger partial charge in [0.2, 0.25) is 0 Å². The van der Waals surface area contributed by atoms with Gasteiger partial charge in [-0.05, 0) is 42.2 Å². The van der Waals surface area contributed by atoms with E-state index in [-0.39, 0.29) is 47.1 Å². The third kappa shape index (κ3) is 4.51. The Hall–Kier alpha value is -4.99. The Morgan fingerprint density at radius 1 is 1.12 bits per heavy atom. The van der Waals surface area contributed by atoms with E-state index in [1.54, 1.807) is 0 Å². The molecule has 0 saturated heterocycles. The third-order valence-corrected chi connectivity index (χ3v) is 7.67. The van der Waals surface area contributed by atoms with E-state index < -0.39 is 40.6 Å². The minimum atomic E-state index is -1.67. The summed E-state index contributed by atoms with van der Waals surface area (Å²) in [5, 5.41) is 24.6. The lowest BCUT2D eigenvalue weighted by Gasteiger charge is -2.30. The molecule has 0 spiro atoms. The van der Waals surface area contributed by atoms with Crippen molar-refractivity contribution in [2.24, 2.45) is 5.92 Å². The van der Waals surface area contributed by atoms with E-state index in [1.807, 2.05) is 36.4 Å². The molecular weight excluding hydrogens is 530 g/mol. The fourth-order valence-corrected chi connectivity index (χ4v) is 5.62. The lowest BCUT2D eigenvalue weighted by atomic mass is 9.67. The zero-order valence-corrected chi connectivity index (χ0v) is 22.6. The molecule has 1 aliphatic heterocycles. The summed E-state index contributed by atoms with van der Waals surface area (Å²) in [5.41, 5.74) is -0.239. The number of carbonyl (C=O) groups is 5. The van der Waals surface area contributed by atoms with Crippen LogP contribution in [0.3, 0.4) is 0 Å². The summed E-state index contributed by atoms with van der Waals surface area (Å²) in [4.78, 5) is 63.0. The van der Waals surface area contributed by atoms with E-state index in [1.165, 1.54) is 20.1 Å². The first-order chi connectivity index (χ1) is 19.5. The minimum Gasteiger partial charge on any atom is -0.507 e. The number of ether oxygens (including phenoxy) is 2. The fourth-order valence-electron chi connectivity index (χ4n) is 5.62. The SMILES string of the molecule is COc1cc(O)c2c(c1C(=O)NCc1cc(CCC(=O)O)cc3ccccc13)OC1=CC(=O)C(C(C)=O)C(=O)[C@]12C. The van der Waals surface area contributed by atoms with Crippen LogP contribution >= 0.6 is 0 Å². The second kappa shape index (κ2) is 10.2. The van der Waals surface area contributed by atoms with Crippen LogP contribution in [-0.2, 0) is 37.6 Å². The average Bonchev–Trinajstić information content (AvgIpc) is 3.23. The molecule has 10 heteroatoms. The molecule has 2 aliphatic rings. The molecule has 10 nitrogen and oxygen atoms in total. The lowest BCUT2D eigenvalue weighted by Crippen LogP contribution is -2.47. The van der Waals surface area contributed by atoms with Gasteiger partial charge in [0.15, 0.2) is 17.3 Å². The minimum absolute atomic E-state index is 0.0245. The molecule has 41 heavy (non-hydrogen) atoms. The molecule has 1 amide bonds. The highest BCUT2D eigenvalue weighted by molar-refractivity contribution is 6.27. The number of aromatic hydroxyl groups is 1. The van der Waals surface area contributed by atoms with Crippen molar-refractivity contribution in [1.29, 1.82) is 0 Å². The Bertz CT molecular complexity index is 1700. The van der Waals surface area contributed by atoms with E-state index in [4.69, 9.17) is 14.6 Å². The number of phenolic OH excluding ortho intramolecular Hbond substituents is 1. The molecule has 3 aromatic rings. The number of benzene rings is 3. The lowest BCUT2D eigenvalue weighted by molar-refractivity contribution is -0.141. The van der Waals surface area contributed by atoms with Gasteiger partial charge in [0.05, 0.1) is 12.7 Å². The fraction of sp³-hybridized carbons (Fsp3) is 0.258. The monoisotopic (exact) mass is 557 g/mol. The Kier molecular flexibility index (Phi) is 6.86. The number of hydrogen-bond acceptors (Lipinski definition) is 8. The van der Waals surface area contributed by atoms with Gasteiger partial charge in [0, 0.05) is 25.1 Å². The normalized spacial score (nSPS) is 19.2. The molecule has 210 valence electrons. The summed E-state index contributed by atoms with van der Waals surface area (Å²) in [5.74, 6) is -5.84. The third-order valence-electron chi connectivity index (χ3n) is 7.67. The summed E-state index contributed by atoms with van der Waals surface area (Å²) < 4.78 is 11.3. The Morgan fingerprint density at radius 3 is 2.54 bits per heavy atom. The number of carboxylic acid groups (broad SMARTS) is 1. The molecule has 1 heterocycles. The standard InChI is InChI=1S/C31H27NO9/c1-15(33)25-20(34)13-23-31(2,29(25)38)27-21(35)12-22(40-3)26(28(27)41-23)30(39)32-14-18-11-16(8-9-24(36)37)10-17-6-4-5-7-19(17)18/h4-7,10-13,25,35H,8-9,14H2,1-3H3,(H,32,39)(H,36,37)/t25?,31-/m1/s1. The predicted octanol–water partition coefficient (Wildman–Crippen LogP) is 3.39. The van der Waals surface area contributed by atoms with Crippen LogP contribution in [0.5, 0.6) is 17.2 Å². The van der Waals surface area contributed by atoms with E-state index in [9.17, 15) is 29.1 Å². The van der Waals surface area contributed by atoms with Gasteiger partial charge in [-0.3, -0.25) is 24.0 Å². The van der Waals surface area contributed by atoms with Gasteiger partial charge in [0.25, 0.3) is 5.91 Å². The summed E-state index contributed by atoms with van der Waals surface area (Å²) in [6, 6.07) is 12.5. The number of fused-ring (bicyclic) bond motifs is 4. The van der Waals surface area contributed by atoms with Crippen molar-refractivity contribution in [3.05, 3.63) is 76.6 Å². The number of Topliss-reactive ketones (excluding diaryl/α,β-unsaturated/α-hetero) is 2. The molecule has 5 rings (SSSR count). The second-order valence-electron chi connectivity index (χ2n) is 10.3. The number of allylic oxidation sites excluding steroid dienone is 2. The molecule has 3 N–H and O–H groups in total. The van der Waals surface area contributed by atoms with E-state index >= 15 is 0 Å². The number of carbonyl (C=O) groups excluding carboxylic acids is 4. The quantitative estimate of drug-likeness (QED) is 0.353. The molecule has 3 aromatic carbocycles. The van der Waals surface area contributed by atoms with Crippen molar-refractivity contribution in [3.8, 4) is 17.2 Å². The van der Waals surface area contributed by atoms with Crippen LogP contribution in [0, 0.1) is 5.92 Å². The van der Waals surface area contributed by atoms with Crippen LogP contribution in [0.1, 0.15) is 47.3 Å². The van der Waals surface area contributed by atoms with Crippen molar-refractivity contribution in [3.63, 3.8) is 0 Å². The first-order valence-corrected chi connectivity index (χ1v) is 12.9. The number of carboxylic acids is 1. The molecule has 0 radical (unpaired) electrons. The van der Waals surface area contributed by atoms with Gasteiger partial charge in [-0.15, -0.1) is 0 Å². The summed E-state index contributed by atoms with van der Waals surface area (Å²) in [6.45, 7) is 2.65. The maximum atomic E-state index is 13.7. The largest absolute Gasteiger partial charge is 0.507 e. The number of nitrogens with one attached hydrogen (secondary N) is 1. The smallest absolute Gasteiger partial charge is 0.303 e. The van der Waals surface area contributed by atoms with Gasteiger partial charge in [0.1, 0.15) is 39.9 Å². The molecule has 0 fully saturated rings. The number of hydrogen-bond donors (Lipinski definition) is 3. The molecule has 1 aliphatic carbocycles. The molecule has 0 aromatic heterocycles. The molecular formula is C31H27NO9. The van der Waals surface area contributed by atoms with Crippen LogP contribution in [0.15, 0.2) is 54.3 Å². The van der Waals surface area contributed by atoms with E-state index in [0.717, 1.165) is 34.9 Å². The first kappa shape index (κ1) is 27.6. The summed E-state index contributed by atoms with van der Waals surface area (Å²) >= 11 is 0. The summed E-state index contributed by atoms with van der Waals surface area (Å²) in [7, 11) is 1.31. The highest BCUT2D eigenvalue weighted by atomic mass is 16.5. The number of aliphatic carboxylic acids is 1. The highest BCUT2D eigenvalue weighted by Crippen LogP contribution is 2.56. The maximum Gasteiger partial charge on any atom is 0.303 e. The van der Waals surface area contributed by atoms with Crippen LogP contribution in [-0.4, -0.2) is 46.5 Å². The molecule has 1 unspecified atom stereocenters. The average molecular weight is 558 g/mol. The van der Waals surface area contributed by atoms with Gasteiger partial charge < -0.3 is 25.0 Å². The number of rotatable bonds is 8. The Balaban J connectivity index is 1.54. The number of ketones is 3. The van der Waals surface area contributed by atoms with E-state index in [0.29, 0.717) is 6.42 Å². The highest BCUT2D eigenvalue weighted by Gasteiger charge is 2.58. The van der Waals surface area contributed by atoms with Crippen molar-refractivity contribution < 1.29 is 43.7 Å². The zero-order valence-electron chi connectivity index (χ0n) is 22.6. The number of amides is 1. The zero-order chi connectivity index (χ0) is 29.6. The predicted molar refractivity (Wildman–Crippen MR) is 146 cm³/mol. The molecule has 0 bridgehead atoms. The van der Waals surface area contributed by atoms with Crippen LogP contribution in [0.25, 0.3) is 10.8 Å². The van der Waals surface area contributed by atoms with Crippen molar-refractivity contribution >= 4 is 40.0 Å². The van der Waals surface area contributed by atoms with Gasteiger partial charge >= 0.3 is 5.97 Å². The molecule has 0 saturated carbocycles. The van der Waals surface area contributed by atoms with Gasteiger partial charge in [-0.2, -0.15) is 0 Å². The Morgan fingerprint density at radius 2 is 1.85 bits per heavy atom. The van der Waals surface area contributed by atoms with Crippen molar-refractivity contribution in [2.75, 3.05) is 7.11 Å². The topological polar surface area (TPSA) is 156 Å². The number of phenols is 1. The molecule has 2 atom stereocenters. The number of aryl methyl sites for hydroxylation is 1. The second-order valence-corrected chi connectivity index (χ2v) is 10.3. The number of methoxy groups -OCH3 is 1.